The van der Waals surface area contributed by atoms with E-state index in [9.17, 15) is 9.18 Å². The van der Waals surface area contributed by atoms with E-state index in [1.807, 2.05) is 0 Å². The van der Waals surface area contributed by atoms with E-state index >= 15 is 0 Å². The fourth-order valence-corrected chi connectivity index (χ4v) is 2.82. The van der Waals surface area contributed by atoms with Gasteiger partial charge in [-0.1, -0.05) is 12.1 Å². The summed E-state index contributed by atoms with van der Waals surface area (Å²) in [7, 11) is 1.53. The van der Waals surface area contributed by atoms with Gasteiger partial charge in [0.05, 0.1) is 13.3 Å². The Kier molecular flexibility index (Phi) is 6.91. The van der Waals surface area contributed by atoms with Crippen LogP contribution in [0, 0.1) is 5.82 Å². The fourth-order valence-electron chi connectivity index (χ4n) is 2.39. The first-order chi connectivity index (χ1) is 14.1. The van der Waals surface area contributed by atoms with E-state index < -0.39 is 0 Å². The molecule has 0 aliphatic rings. The van der Waals surface area contributed by atoms with Crippen LogP contribution in [0.15, 0.2) is 70.5 Å². The maximum Gasteiger partial charge on any atom is 0.271 e. The van der Waals surface area contributed by atoms with Crippen molar-refractivity contribution in [1.29, 1.82) is 0 Å². The Bertz CT molecular complexity index is 1010. The first-order valence-corrected chi connectivity index (χ1v) is 9.34. The molecule has 3 rings (SSSR count). The maximum atomic E-state index is 13.0. The number of rotatable bonds is 7. The predicted molar refractivity (Wildman–Crippen MR) is 111 cm³/mol. The third-order valence-electron chi connectivity index (χ3n) is 3.90. The molecular weight excluding hydrogens is 441 g/mol. The second-order valence-electron chi connectivity index (χ2n) is 5.87. The van der Waals surface area contributed by atoms with Crippen molar-refractivity contribution in [2.75, 3.05) is 7.11 Å². The molecule has 2 aromatic carbocycles. The summed E-state index contributed by atoms with van der Waals surface area (Å²) in [5.41, 5.74) is 4.43. The Morgan fingerprint density at radius 3 is 2.59 bits per heavy atom. The number of hydrogen-bond donors (Lipinski definition) is 1. The van der Waals surface area contributed by atoms with Crippen molar-refractivity contribution in [3.8, 4) is 11.5 Å². The first-order valence-electron chi connectivity index (χ1n) is 8.55. The van der Waals surface area contributed by atoms with Crippen molar-refractivity contribution in [3.05, 3.63) is 87.9 Å². The highest BCUT2D eigenvalue weighted by atomic mass is 79.9. The highest BCUT2D eigenvalue weighted by molar-refractivity contribution is 9.10. The molecule has 1 N–H and O–H groups in total. The third-order valence-corrected chi connectivity index (χ3v) is 4.59. The molecule has 3 aromatic rings. The van der Waals surface area contributed by atoms with Crippen LogP contribution in [0.3, 0.4) is 0 Å². The molecule has 0 bridgehead atoms. The second kappa shape index (κ2) is 9.79. The fraction of sp³-hybridized carbons (Fsp3) is 0.0952. The van der Waals surface area contributed by atoms with E-state index in [0.29, 0.717) is 27.1 Å². The number of pyridine rings is 1. The van der Waals surface area contributed by atoms with Gasteiger partial charge in [0, 0.05) is 28.0 Å². The number of halogens is 2. The number of nitrogens with zero attached hydrogens (tertiary/aromatic N) is 2. The summed E-state index contributed by atoms with van der Waals surface area (Å²) in [6, 6.07) is 12.7. The number of carbonyl (C=O) groups excluding carboxylic acids is 1. The molecule has 1 amide bonds. The Morgan fingerprint density at radius 2 is 1.90 bits per heavy atom. The van der Waals surface area contributed by atoms with Gasteiger partial charge < -0.3 is 9.47 Å². The van der Waals surface area contributed by atoms with Crippen LogP contribution >= 0.6 is 15.9 Å². The van der Waals surface area contributed by atoms with Gasteiger partial charge in [0.25, 0.3) is 5.91 Å². The summed E-state index contributed by atoms with van der Waals surface area (Å²) in [6.45, 7) is 0.262. The summed E-state index contributed by atoms with van der Waals surface area (Å²) in [4.78, 5) is 15.9. The number of amides is 1. The van der Waals surface area contributed by atoms with Gasteiger partial charge in [-0.05, 0) is 57.9 Å². The van der Waals surface area contributed by atoms with Gasteiger partial charge in [-0.2, -0.15) is 5.10 Å². The van der Waals surface area contributed by atoms with E-state index in [4.69, 9.17) is 9.47 Å². The van der Waals surface area contributed by atoms with E-state index in [0.717, 1.165) is 5.56 Å². The smallest absolute Gasteiger partial charge is 0.271 e. The van der Waals surface area contributed by atoms with Gasteiger partial charge in [-0.3, -0.25) is 9.78 Å². The number of hydrogen-bond acceptors (Lipinski definition) is 5. The van der Waals surface area contributed by atoms with Gasteiger partial charge in [0.1, 0.15) is 12.4 Å². The Labute approximate surface area is 175 Å². The number of aromatic nitrogens is 1. The van der Waals surface area contributed by atoms with E-state index in [2.05, 4.69) is 31.4 Å². The summed E-state index contributed by atoms with van der Waals surface area (Å²) >= 11 is 3.46. The van der Waals surface area contributed by atoms with Crippen LogP contribution < -0.4 is 14.9 Å². The quantitative estimate of drug-likeness (QED) is 0.423. The Hall–Kier alpha value is -3.26. The summed E-state index contributed by atoms with van der Waals surface area (Å²) < 4.78 is 24.9. The molecule has 0 aliphatic heterocycles. The molecule has 29 heavy (non-hydrogen) atoms. The second-order valence-corrected chi connectivity index (χ2v) is 6.73. The van der Waals surface area contributed by atoms with E-state index in [1.165, 1.54) is 37.9 Å². The highest BCUT2D eigenvalue weighted by Gasteiger charge is 2.10. The van der Waals surface area contributed by atoms with Gasteiger partial charge in [-0.25, -0.2) is 9.82 Å². The lowest BCUT2D eigenvalue weighted by molar-refractivity contribution is 0.0955. The standard InChI is InChI=1S/C21H17BrFN3O3/c1-28-19-10-16(12-25-26-21(27)15-6-8-24-9-7-15)18(22)11-20(19)29-13-14-2-4-17(23)5-3-14/h2-12H,13H2,1H3,(H,26,27). The van der Waals surface area contributed by atoms with Crippen LogP contribution in [0.2, 0.25) is 0 Å². The minimum atomic E-state index is -0.342. The molecule has 1 aromatic heterocycles. The topological polar surface area (TPSA) is 72.8 Å². The van der Waals surface area contributed by atoms with Gasteiger partial charge in [0.2, 0.25) is 0 Å². The number of methoxy groups -OCH3 is 1. The first kappa shape index (κ1) is 20.5. The number of hydrazone groups is 1. The number of benzene rings is 2. The van der Waals surface area contributed by atoms with E-state index in [1.54, 1.807) is 36.4 Å². The van der Waals surface area contributed by atoms with Crippen LogP contribution in [0.5, 0.6) is 11.5 Å². The zero-order valence-corrected chi connectivity index (χ0v) is 17.0. The Morgan fingerprint density at radius 1 is 1.17 bits per heavy atom. The summed E-state index contributed by atoms with van der Waals surface area (Å²) in [5, 5.41) is 3.98. The maximum absolute atomic E-state index is 13.0. The lowest BCUT2D eigenvalue weighted by atomic mass is 10.2. The van der Waals surface area contributed by atoms with Crippen molar-refractivity contribution in [2.24, 2.45) is 5.10 Å². The zero-order valence-electron chi connectivity index (χ0n) is 15.4. The van der Waals surface area contributed by atoms with Crippen molar-refractivity contribution in [1.82, 2.24) is 10.4 Å². The summed E-state index contributed by atoms with van der Waals surface area (Å²) in [6.07, 6.45) is 4.56. The summed E-state index contributed by atoms with van der Waals surface area (Å²) in [5.74, 6) is 0.374. The molecule has 0 fully saturated rings. The average Bonchev–Trinajstić information content (AvgIpc) is 2.75. The predicted octanol–water partition coefficient (Wildman–Crippen LogP) is 4.33. The van der Waals surface area contributed by atoms with Gasteiger partial charge >= 0.3 is 0 Å². The van der Waals surface area contributed by atoms with Crippen LogP contribution in [0.1, 0.15) is 21.5 Å². The highest BCUT2D eigenvalue weighted by Crippen LogP contribution is 2.33. The Balaban J connectivity index is 1.68. The molecule has 1 heterocycles. The molecular formula is C21H17BrFN3O3. The van der Waals surface area contributed by atoms with Crippen molar-refractivity contribution in [2.45, 2.75) is 6.61 Å². The van der Waals surface area contributed by atoms with Gasteiger partial charge in [-0.15, -0.1) is 0 Å². The van der Waals surface area contributed by atoms with Gasteiger partial charge in [0.15, 0.2) is 11.5 Å². The van der Waals surface area contributed by atoms with Crippen molar-refractivity contribution < 1.29 is 18.7 Å². The van der Waals surface area contributed by atoms with Crippen molar-refractivity contribution in [3.63, 3.8) is 0 Å². The van der Waals surface area contributed by atoms with Crippen LogP contribution in [-0.2, 0) is 6.61 Å². The molecule has 6 nitrogen and oxygen atoms in total. The molecule has 0 unspecified atom stereocenters. The number of ether oxygens (including phenoxy) is 2. The normalized spacial score (nSPS) is 10.7. The molecule has 0 saturated carbocycles. The number of carbonyl (C=O) groups is 1. The van der Waals surface area contributed by atoms with Crippen molar-refractivity contribution >= 4 is 28.1 Å². The molecule has 0 radical (unpaired) electrons. The molecule has 0 aliphatic carbocycles. The SMILES string of the molecule is COc1cc(C=NNC(=O)c2ccncc2)c(Br)cc1OCc1ccc(F)cc1. The van der Waals surface area contributed by atoms with Crippen LogP contribution in [-0.4, -0.2) is 24.2 Å². The molecule has 148 valence electrons. The van der Waals surface area contributed by atoms with Crippen LogP contribution in [0.25, 0.3) is 0 Å². The minimum absolute atomic E-state index is 0.262. The lowest BCUT2D eigenvalue weighted by Crippen LogP contribution is -2.17. The molecule has 0 spiro atoms. The monoisotopic (exact) mass is 457 g/mol. The largest absolute Gasteiger partial charge is 0.493 e. The zero-order chi connectivity index (χ0) is 20.6. The lowest BCUT2D eigenvalue weighted by Gasteiger charge is -2.13. The van der Waals surface area contributed by atoms with E-state index in [-0.39, 0.29) is 18.3 Å². The average molecular weight is 458 g/mol. The molecule has 8 heteroatoms. The van der Waals surface area contributed by atoms with Crippen LogP contribution in [0.4, 0.5) is 4.39 Å². The molecule has 0 saturated heterocycles. The minimum Gasteiger partial charge on any atom is -0.493 e. The number of nitrogens with one attached hydrogen (secondary N) is 1. The third kappa shape index (κ3) is 5.61. The molecule has 0 atom stereocenters.